The van der Waals surface area contributed by atoms with Crippen LogP contribution in [0.15, 0.2) is 30.3 Å². The van der Waals surface area contributed by atoms with Gasteiger partial charge in [-0.1, -0.05) is 30.3 Å². The highest BCUT2D eigenvalue weighted by Crippen LogP contribution is 2.03. The molecule has 1 nitrogen and oxygen atoms in total. The smallest absolute Gasteiger partial charge is 0.0768 e. The van der Waals surface area contributed by atoms with Crippen LogP contribution in [-0.4, -0.2) is 20.1 Å². The zero-order valence-corrected chi connectivity index (χ0v) is 10.6. The van der Waals surface area contributed by atoms with Crippen LogP contribution in [0.25, 0.3) is 0 Å². The topological polar surface area (TPSA) is 4.44 Å². The van der Waals surface area contributed by atoms with Crippen LogP contribution in [-0.2, 0) is 6.42 Å². The molecule has 1 atom stereocenters. The van der Waals surface area contributed by atoms with Crippen LogP contribution < -0.4 is 17.3 Å². The molecule has 0 heterocycles. The molecule has 0 radical (unpaired) electrons. The minimum absolute atomic E-state index is 0. The van der Waals surface area contributed by atoms with Gasteiger partial charge >= 0.3 is 0 Å². The quantitative estimate of drug-likeness (QED) is 0.568. The van der Waals surface area contributed by atoms with Gasteiger partial charge in [-0.25, -0.2) is 0 Å². The molecule has 0 amide bonds. The molecule has 0 saturated heterocycles. The largest absolute Gasteiger partial charge is 1.00 e. The Morgan fingerprint density at radius 3 is 2.33 bits per heavy atom. The first kappa shape index (κ1) is 14.5. The second kappa shape index (κ2) is 8.75. The van der Waals surface area contributed by atoms with Crippen molar-refractivity contribution in [3.05, 3.63) is 35.9 Å². The lowest BCUT2D eigenvalue weighted by Crippen LogP contribution is -3.08. The van der Waals surface area contributed by atoms with Crippen molar-refractivity contribution in [1.29, 1.82) is 0 Å². The Morgan fingerprint density at radius 1 is 1.07 bits per heavy atom. The first-order valence-corrected chi connectivity index (χ1v) is 5.68. The van der Waals surface area contributed by atoms with Gasteiger partial charge in [-0.15, -0.1) is 0 Å². The first-order chi connectivity index (χ1) is 6.83. The normalized spacial score (nSPS) is 11.9. The van der Waals surface area contributed by atoms with Gasteiger partial charge in [0.2, 0.25) is 0 Å². The van der Waals surface area contributed by atoms with E-state index in [4.69, 9.17) is 0 Å². The highest BCUT2D eigenvalue weighted by Gasteiger charge is 1.97. The maximum atomic E-state index is 2.27. The van der Waals surface area contributed by atoms with Crippen molar-refractivity contribution < 1.29 is 17.3 Å². The number of quaternary nitrogens is 1. The molecule has 1 rings (SSSR count). The standard InChI is InChI=1S/C13H21N.ClH/c1-3-14(2)12-8-7-11-13-9-5-4-6-10-13;/h4-6,9-10H,3,7-8,11-12H2,1-2H3;1H. The van der Waals surface area contributed by atoms with E-state index >= 15 is 0 Å². The molecule has 0 aromatic heterocycles. The summed E-state index contributed by atoms with van der Waals surface area (Å²) < 4.78 is 0. The average Bonchev–Trinajstić information content (AvgIpc) is 2.25. The summed E-state index contributed by atoms with van der Waals surface area (Å²) in [5.74, 6) is 0. The molecular weight excluding hydrogens is 206 g/mol. The molecule has 1 unspecified atom stereocenters. The molecule has 0 aliphatic carbocycles. The monoisotopic (exact) mass is 227 g/mol. The van der Waals surface area contributed by atoms with Crippen LogP contribution >= 0.6 is 0 Å². The number of nitrogens with one attached hydrogen (secondary N) is 1. The van der Waals surface area contributed by atoms with E-state index in [2.05, 4.69) is 44.3 Å². The highest BCUT2D eigenvalue weighted by molar-refractivity contribution is 5.14. The Morgan fingerprint density at radius 2 is 1.73 bits per heavy atom. The highest BCUT2D eigenvalue weighted by atomic mass is 35.5. The van der Waals surface area contributed by atoms with Crippen LogP contribution in [0.1, 0.15) is 25.3 Å². The van der Waals surface area contributed by atoms with Gasteiger partial charge in [0.05, 0.1) is 20.1 Å². The SMILES string of the molecule is CC[NH+](C)CCCCc1ccccc1.[Cl-]. The molecule has 86 valence electrons. The predicted molar refractivity (Wildman–Crippen MR) is 61.7 cm³/mol. The van der Waals surface area contributed by atoms with Crippen LogP contribution in [0.2, 0.25) is 0 Å². The molecule has 1 aromatic rings. The minimum Gasteiger partial charge on any atom is -1.00 e. The van der Waals surface area contributed by atoms with E-state index in [1.54, 1.807) is 4.90 Å². The summed E-state index contributed by atoms with van der Waals surface area (Å²) in [6.45, 7) is 4.79. The number of hydrogen-bond donors (Lipinski definition) is 1. The summed E-state index contributed by atoms with van der Waals surface area (Å²) in [6.07, 6.45) is 3.90. The van der Waals surface area contributed by atoms with Gasteiger partial charge in [0, 0.05) is 0 Å². The van der Waals surface area contributed by atoms with Crippen LogP contribution in [0.3, 0.4) is 0 Å². The van der Waals surface area contributed by atoms with Crippen molar-refractivity contribution in [3.8, 4) is 0 Å². The van der Waals surface area contributed by atoms with E-state index in [1.807, 2.05) is 0 Å². The third-order valence-electron chi connectivity index (χ3n) is 2.77. The average molecular weight is 228 g/mol. The Kier molecular flexibility index (Phi) is 8.44. The minimum atomic E-state index is 0. The maximum absolute atomic E-state index is 2.27. The third kappa shape index (κ3) is 6.53. The Bertz CT molecular complexity index is 236. The number of rotatable bonds is 6. The number of unbranched alkanes of at least 4 members (excludes halogenated alkanes) is 1. The maximum Gasteiger partial charge on any atom is 0.0768 e. The fourth-order valence-corrected chi connectivity index (χ4v) is 1.58. The van der Waals surface area contributed by atoms with Crippen molar-refractivity contribution in [2.75, 3.05) is 20.1 Å². The number of aryl methyl sites for hydroxylation is 1. The van der Waals surface area contributed by atoms with E-state index < -0.39 is 0 Å². The lowest BCUT2D eigenvalue weighted by molar-refractivity contribution is -0.877. The molecule has 0 saturated carbocycles. The number of hydrogen-bond acceptors (Lipinski definition) is 0. The summed E-state index contributed by atoms with van der Waals surface area (Å²) in [5.41, 5.74) is 1.47. The lowest BCUT2D eigenvalue weighted by atomic mass is 10.1. The predicted octanol–water partition coefficient (Wildman–Crippen LogP) is -1.45. The van der Waals surface area contributed by atoms with E-state index in [9.17, 15) is 0 Å². The molecule has 1 N–H and O–H groups in total. The Hall–Kier alpha value is -0.530. The van der Waals surface area contributed by atoms with Crippen molar-refractivity contribution in [2.24, 2.45) is 0 Å². The second-order valence-electron chi connectivity index (χ2n) is 4.00. The van der Waals surface area contributed by atoms with Crippen molar-refractivity contribution in [1.82, 2.24) is 0 Å². The van der Waals surface area contributed by atoms with Crippen molar-refractivity contribution >= 4 is 0 Å². The summed E-state index contributed by atoms with van der Waals surface area (Å²) in [7, 11) is 2.27. The number of benzene rings is 1. The lowest BCUT2D eigenvalue weighted by Gasteiger charge is -2.10. The van der Waals surface area contributed by atoms with Crippen LogP contribution in [0.5, 0.6) is 0 Å². The third-order valence-corrected chi connectivity index (χ3v) is 2.77. The van der Waals surface area contributed by atoms with E-state index in [0.29, 0.717) is 0 Å². The summed E-state index contributed by atoms with van der Waals surface area (Å²) >= 11 is 0. The molecule has 15 heavy (non-hydrogen) atoms. The molecule has 1 aromatic carbocycles. The summed E-state index contributed by atoms with van der Waals surface area (Å²) in [4.78, 5) is 1.64. The van der Waals surface area contributed by atoms with Crippen LogP contribution in [0, 0.1) is 0 Å². The van der Waals surface area contributed by atoms with Gasteiger partial charge in [-0.3, -0.25) is 0 Å². The zero-order valence-electron chi connectivity index (χ0n) is 9.80. The van der Waals surface area contributed by atoms with E-state index in [1.165, 1.54) is 37.9 Å². The second-order valence-corrected chi connectivity index (χ2v) is 4.00. The molecular formula is C13H22ClN. The van der Waals surface area contributed by atoms with Gasteiger partial charge in [0.25, 0.3) is 0 Å². The molecule has 0 aliphatic heterocycles. The molecule has 0 aliphatic rings. The van der Waals surface area contributed by atoms with E-state index in [-0.39, 0.29) is 12.4 Å². The zero-order chi connectivity index (χ0) is 10.2. The molecule has 0 bridgehead atoms. The van der Waals surface area contributed by atoms with Gasteiger partial charge in [0.15, 0.2) is 0 Å². The molecule has 0 spiro atoms. The summed E-state index contributed by atoms with van der Waals surface area (Å²) in [5, 5.41) is 0. The van der Waals surface area contributed by atoms with E-state index in [0.717, 1.165) is 0 Å². The van der Waals surface area contributed by atoms with Gasteiger partial charge < -0.3 is 17.3 Å². The Balaban J connectivity index is 0.00000196. The Labute approximate surface area is 99.9 Å². The van der Waals surface area contributed by atoms with Gasteiger partial charge in [0.1, 0.15) is 0 Å². The van der Waals surface area contributed by atoms with Gasteiger partial charge in [-0.2, -0.15) is 0 Å². The summed E-state index contributed by atoms with van der Waals surface area (Å²) in [6, 6.07) is 10.8. The molecule has 0 fully saturated rings. The first-order valence-electron chi connectivity index (χ1n) is 5.68. The number of halogens is 1. The fourth-order valence-electron chi connectivity index (χ4n) is 1.58. The van der Waals surface area contributed by atoms with Crippen molar-refractivity contribution in [2.45, 2.75) is 26.2 Å². The van der Waals surface area contributed by atoms with Crippen LogP contribution in [0.4, 0.5) is 0 Å². The molecule has 2 heteroatoms. The van der Waals surface area contributed by atoms with Crippen molar-refractivity contribution in [3.63, 3.8) is 0 Å². The van der Waals surface area contributed by atoms with Gasteiger partial charge in [-0.05, 0) is 31.7 Å². The fraction of sp³-hybridized carbons (Fsp3) is 0.538.